The first-order chi connectivity index (χ1) is 8.49. The van der Waals surface area contributed by atoms with Crippen molar-refractivity contribution in [1.82, 2.24) is 0 Å². The number of aryl methyl sites for hydroxylation is 1. The summed E-state index contributed by atoms with van der Waals surface area (Å²) in [6.07, 6.45) is 0.712. The van der Waals surface area contributed by atoms with Crippen LogP contribution in [0.1, 0.15) is 12.5 Å². The average molecular weight is 285 g/mol. The fraction of sp³-hybridized carbons (Fsp3) is 0.231. The Kier molecular flexibility index (Phi) is 3.50. The van der Waals surface area contributed by atoms with Crippen LogP contribution >= 0.6 is 10.7 Å². The Morgan fingerprint density at radius 3 is 2.50 bits per heavy atom. The van der Waals surface area contributed by atoms with E-state index in [9.17, 15) is 8.42 Å². The Balaban J connectivity index is 2.87. The lowest BCUT2D eigenvalue weighted by atomic mass is 10.1. The molecule has 96 valence electrons. The fourth-order valence-corrected chi connectivity index (χ4v) is 3.19. The van der Waals surface area contributed by atoms with Gasteiger partial charge in [0.2, 0.25) is 0 Å². The van der Waals surface area contributed by atoms with Crippen LogP contribution < -0.4 is 4.74 Å². The summed E-state index contributed by atoms with van der Waals surface area (Å²) in [4.78, 5) is 0.144. The van der Waals surface area contributed by atoms with Crippen molar-refractivity contribution in [3.8, 4) is 16.9 Å². The molecule has 0 heterocycles. The zero-order valence-electron chi connectivity index (χ0n) is 10.1. The summed E-state index contributed by atoms with van der Waals surface area (Å²) in [5.74, 6) is 0.651. The predicted molar refractivity (Wildman–Crippen MR) is 72.0 cm³/mol. The van der Waals surface area contributed by atoms with E-state index in [1.165, 1.54) is 0 Å². The summed E-state index contributed by atoms with van der Waals surface area (Å²) < 4.78 is 28.5. The Labute approximate surface area is 111 Å². The van der Waals surface area contributed by atoms with Crippen molar-refractivity contribution < 1.29 is 13.2 Å². The van der Waals surface area contributed by atoms with Crippen LogP contribution in [-0.2, 0) is 15.5 Å². The Hall–Kier alpha value is -1.26. The number of hydrogen-bond acceptors (Lipinski definition) is 3. The van der Waals surface area contributed by atoms with Crippen molar-refractivity contribution >= 4 is 19.7 Å². The maximum absolute atomic E-state index is 11.6. The molecule has 0 saturated heterocycles. The lowest BCUT2D eigenvalue weighted by molar-refractivity contribution is 0.416. The summed E-state index contributed by atoms with van der Waals surface area (Å²) in [5.41, 5.74) is 2.32. The molecular weight excluding hydrogens is 272 g/mol. The molecule has 0 aliphatic heterocycles. The van der Waals surface area contributed by atoms with Gasteiger partial charge in [0.25, 0.3) is 9.05 Å². The van der Waals surface area contributed by atoms with Gasteiger partial charge in [-0.3, -0.25) is 0 Å². The molecule has 0 radical (unpaired) electrons. The van der Waals surface area contributed by atoms with E-state index >= 15 is 0 Å². The molecule has 2 aliphatic carbocycles. The minimum Gasteiger partial charge on any atom is -0.496 e. The third-order valence-corrected chi connectivity index (χ3v) is 4.25. The van der Waals surface area contributed by atoms with Crippen LogP contribution in [0, 0.1) is 0 Å². The highest BCUT2D eigenvalue weighted by molar-refractivity contribution is 8.13. The number of halogens is 1. The summed E-state index contributed by atoms with van der Waals surface area (Å²) >= 11 is 0. The minimum atomic E-state index is -3.76. The highest BCUT2D eigenvalue weighted by atomic mass is 35.7. The number of hydrogen-bond donors (Lipinski definition) is 0. The molecular formula is C13H13ClO3S. The van der Waals surface area contributed by atoms with Crippen molar-refractivity contribution in [3.63, 3.8) is 0 Å². The van der Waals surface area contributed by atoms with E-state index in [4.69, 9.17) is 15.4 Å². The first kappa shape index (κ1) is 13.2. The van der Waals surface area contributed by atoms with Gasteiger partial charge in [0.1, 0.15) is 5.75 Å². The molecule has 0 aromatic heterocycles. The van der Waals surface area contributed by atoms with Crippen LogP contribution in [0.3, 0.4) is 0 Å². The molecule has 0 aromatic carbocycles. The monoisotopic (exact) mass is 284 g/mol. The van der Waals surface area contributed by atoms with Gasteiger partial charge in [-0.25, -0.2) is 8.42 Å². The highest BCUT2D eigenvalue weighted by Crippen LogP contribution is 2.41. The molecule has 2 rings (SSSR count). The van der Waals surface area contributed by atoms with Crippen LogP contribution in [0.5, 0.6) is 5.75 Å². The molecule has 0 spiro atoms. The first-order valence-electron chi connectivity index (χ1n) is 5.52. The second-order valence-corrected chi connectivity index (χ2v) is 6.43. The maximum Gasteiger partial charge on any atom is 0.261 e. The average Bonchev–Trinajstić information content (AvgIpc) is 2.56. The van der Waals surface area contributed by atoms with Crippen molar-refractivity contribution in [2.75, 3.05) is 7.11 Å². The molecule has 0 N–H and O–H groups in total. The molecule has 0 fully saturated rings. The quantitative estimate of drug-likeness (QED) is 0.812. The molecule has 3 nitrogen and oxygen atoms in total. The zero-order chi connectivity index (χ0) is 13.3. The van der Waals surface area contributed by atoms with Gasteiger partial charge >= 0.3 is 0 Å². The number of fused-ring (bicyclic) bond motifs is 1. The van der Waals surface area contributed by atoms with E-state index in [2.05, 4.69) is 0 Å². The Morgan fingerprint density at radius 1 is 1.28 bits per heavy atom. The first-order valence-corrected chi connectivity index (χ1v) is 7.83. The van der Waals surface area contributed by atoms with E-state index in [1.807, 2.05) is 19.1 Å². The van der Waals surface area contributed by atoms with Gasteiger partial charge in [0.05, 0.1) is 12.0 Å². The molecule has 0 amide bonds. The van der Waals surface area contributed by atoms with Gasteiger partial charge in [-0.15, -0.1) is 0 Å². The number of rotatable bonds is 3. The molecule has 0 unspecified atom stereocenters. The van der Waals surface area contributed by atoms with Crippen molar-refractivity contribution in [1.29, 1.82) is 0 Å². The molecule has 0 aromatic rings. The lowest BCUT2D eigenvalue weighted by Crippen LogP contribution is -1.90. The SMILES string of the molecule is CCc1cc(S(=O)(=O)Cl)c2ccccc(OC)c1-2. The Morgan fingerprint density at radius 2 is 1.94 bits per heavy atom. The Bertz CT molecular complexity index is 650. The van der Waals surface area contributed by atoms with Crippen molar-refractivity contribution in [2.24, 2.45) is 0 Å². The lowest BCUT2D eigenvalue weighted by Gasteiger charge is -2.05. The number of methoxy groups -OCH3 is 1. The van der Waals surface area contributed by atoms with Crippen molar-refractivity contribution in [2.45, 2.75) is 18.2 Å². The molecule has 18 heavy (non-hydrogen) atoms. The largest absolute Gasteiger partial charge is 0.496 e. The maximum atomic E-state index is 11.6. The smallest absolute Gasteiger partial charge is 0.261 e. The third kappa shape index (κ3) is 2.18. The van der Waals surface area contributed by atoms with Gasteiger partial charge in [0, 0.05) is 21.8 Å². The van der Waals surface area contributed by atoms with Crippen LogP contribution in [0.2, 0.25) is 0 Å². The fourth-order valence-electron chi connectivity index (χ4n) is 2.09. The van der Waals surface area contributed by atoms with Crippen LogP contribution in [0.25, 0.3) is 11.1 Å². The minimum absolute atomic E-state index is 0.144. The van der Waals surface area contributed by atoms with Crippen LogP contribution in [-0.4, -0.2) is 15.5 Å². The van der Waals surface area contributed by atoms with Gasteiger partial charge in [0.15, 0.2) is 0 Å². The normalized spacial score (nSPS) is 11.7. The molecule has 0 bridgehead atoms. The molecule has 0 saturated carbocycles. The third-order valence-electron chi connectivity index (χ3n) is 2.89. The van der Waals surface area contributed by atoms with Crippen LogP contribution in [0.4, 0.5) is 0 Å². The summed E-state index contributed by atoms with van der Waals surface area (Å²) in [6.45, 7) is 1.96. The van der Waals surface area contributed by atoms with E-state index < -0.39 is 9.05 Å². The molecule has 5 heteroatoms. The summed E-state index contributed by atoms with van der Waals surface area (Å²) in [5, 5.41) is 0. The van der Waals surface area contributed by atoms with Crippen LogP contribution in [0.15, 0.2) is 35.2 Å². The molecule has 2 aliphatic rings. The van der Waals surface area contributed by atoms with Gasteiger partial charge in [-0.1, -0.05) is 25.1 Å². The van der Waals surface area contributed by atoms with E-state index in [-0.39, 0.29) is 4.90 Å². The predicted octanol–water partition coefficient (Wildman–Crippen LogP) is 3.29. The highest BCUT2D eigenvalue weighted by Gasteiger charge is 2.24. The van der Waals surface area contributed by atoms with Crippen molar-refractivity contribution in [3.05, 3.63) is 35.9 Å². The van der Waals surface area contributed by atoms with Gasteiger partial charge < -0.3 is 4.74 Å². The second kappa shape index (κ2) is 4.78. The second-order valence-electron chi connectivity index (χ2n) is 3.90. The van der Waals surface area contributed by atoms with E-state index in [1.54, 1.807) is 25.3 Å². The van der Waals surface area contributed by atoms with E-state index in [0.717, 1.165) is 11.1 Å². The molecule has 0 atom stereocenters. The summed E-state index contributed by atoms with van der Waals surface area (Å²) in [6, 6.07) is 8.76. The van der Waals surface area contributed by atoms with Gasteiger partial charge in [-0.2, -0.15) is 0 Å². The zero-order valence-corrected chi connectivity index (χ0v) is 11.7. The topological polar surface area (TPSA) is 43.4 Å². The summed E-state index contributed by atoms with van der Waals surface area (Å²) in [7, 11) is 3.29. The standard InChI is InChI=1S/C13H13ClO3S/c1-3-9-8-12(18(14,15)16)10-6-4-5-7-11(17-2)13(9)10/h4-8H,3H2,1-2H3. The van der Waals surface area contributed by atoms with E-state index in [0.29, 0.717) is 17.7 Å². The van der Waals surface area contributed by atoms with Gasteiger partial charge in [-0.05, 0) is 24.1 Å². The number of ether oxygens (including phenoxy) is 1.